The first-order chi connectivity index (χ1) is 15.3. The highest BCUT2D eigenvalue weighted by atomic mass is 32.2. The van der Waals surface area contributed by atoms with Crippen molar-refractivity contribution in [2.45, 2.75) is 18.2 Å². The number of pyridine rings is 2. The fourth-order valence-corrected chi connectivity index (χ4v) is 4.92. The Morgan fingerprint density at radius 2 is 1.94 bits per heavy atom. The average molecular weight is 458 g/mol. The van der Waals surface area contributed by atoms with E-state index in [1.54, 1.807) is 31.5 Å². The summed E-state index contributed by atoms with van der Waals surface area (Å²) in [5.41, 5.74) is 1.85. The summed E-state index contributed by atoms with van der Waals surface area (Å²) in [6.45, 7) is 1.80. The quantitative estimate of drug-likeness (QED) is 0.440. The maximum atomic E-state index is 14.4. The molecule has 4 rings (SSSR count). The van der Waals surface area contributed by atoms with Gasteiger partial charge in [-0.25, -0.2) is 31.5 Å². The molecule has 0 saturated carbocycles. The maximum absolute atomic E-state index is 14.4. The minimum absolute atomic E-state index is 0.00439. The molecular weight excluding hydrogens is 438 g/mol. The first-order valence-electron chi connectivity index (χ1n) is 9.81. The van der Waals surface area contributed by atoms with Crippen molar-refractivity contribution < 1.29 is 21.9 Å². The number of nitrogens with zero attached hydrogens (tertiary/aromatic N) is 3. The van der Waals surface area contributed by atoms with Gasteiger partial charge in [0, 0.05) is 36.0 Å². The average Bonchev–Trinajstić information content (AvgIpc) is 3.24. The Morgan fingerprint density at radius 1 is 1.12 bits per heavy atom. The van der Waals surface area contributed by atoms with Crippen LogP contribution in [0.3, 0.4) is 0 Å². The molecule has 4 aromatic rings. The van der Waals surface area contributed by atoms with E-state index in [9.17, 15) is 17.2 Å². The van der Waals surface area contributed by atoms with Crippen LogP contribution in [-0.2, 0) is 10.0 Å². The van der Waals surface area contributed by atoms with Gasteiger partial charge in [0.05, 0.1) is 12.8 Å². The Bertz CT molecular complexity index is 1390. The van der Waals surface area contributed by atoms with Crippen molar-refractivity contribution in [2.75, 3.05) is 18.0 Å². The van der Waals surface area contributed by atoms with Gasteiger partial charge in [-0.3, -0.25) is 0 Å². The number of anilines is 1. The zero-order valence-corrected chi connectivity index (χ0v) is 18.2. The van der Waals surface area contributed by atoms with E-state index in [1.165, 1.54) is 7.11 Å². The summed E-state index contributed by atoms with van der Waals surface area (Å²) in [7, 11) is -3.00. The Morgan fingerprint density at radius 3 is 2.66 bits per heavy atom. The van der Waals surface area contributed by atoms with Crippen molar-refractivity contribution in [3.8, 4) is 17.0 Å². The van der Waals surface area contributed by atoms with Gasteiger partial charge < -0.3 is 9.72 Å². The zero-order valence-electron chi connectivity index (χ0n) is 17.3. The summed E-state index contributed by atoms with van der Waals surface area (Å²) in [5, 5.41) is 0.869. The van der Waals surface area contributed by atoms with E-state index >= 15 is 0 Å². The lowest BCUT2D eigenvalue weighted by Crippen LogP contribution is -2.33. The third-order valence-electron chi connectivity index (χ3n) is 4.88. The van der Waals surface area contributed by atoms with E-state index in [2.05, 4.69) is 15.0 Å². The van der Waals surface area contributed by atoms with Crippen LogP contribution >= 0.6 is 0 Å². The molecule has 166 valence electrons. The van der Waals surface area contributed by atoms with Gasteiger partial charge in [-0.05, 0) is 42.8 Å². The molecule has 0 aliphatic rings. The van der Waals surface area contributed by atoms with Gasteiger partial charge in [0.15, 0.2) is 11.6 Å². The van der Waals surface area contributed by atoms with Gasteiger partial charge in [-0.1, -0.05) is 6.92 Å². The molecule has 10 heteroatoms. The molecule has 0 atom stereocenters. The largest absolute Gasteiger partial charge is 0.493 e. The van der Waals surface area contributed by atoms with Crippen molar-refractivity contribution in [1.29, 1.82) is 0 Å². The molecular formula is C22H20F2N4O3S. The number of benzene rings is 1. The summed E-state index contributed by atoms with van der Waals surface area (Å²) >= 11 is 0. The van der Waals surface area contributed by atoms with Gasteiger partial charge in [0.2, 0.25) is 0 Å². The van der Waals surface area contributed by atoms with Crippen LogP contribution in [0.1, 0.15) is 13.3 Å². The van der Waals surface area contributed by atoms with Gasteiger partial charge >= 0.3 is 0 Å². The van der Waals surface area contributed by atoms with Crippen molar-refractivity contribution in [3.63, 3.8) is 0 Å². The monoisotopic (exact) mass is 458 g/mol. The summed E-state index contributed by atoms with van der Waals surface area (Å²) in [5.74, 6) is -1.84. The van der Waals surface area contributed by atoms with Crippen molar-refractivity contribution in [2.24, 2.45) is 0 Å². The van der Waals surface area contributed by atoms with E-state index in [0.29, 0.717) is 29.4 Å². The summed E-state index contributed by atoms with van der Waals surface area (Å²) < 4.78 is 60.8. The number of ether oxygens (including phenoxy) is 1. The van der Waals surface area contributed by atoms with Crippen molar-refractivity contribution >= 4 is 26.9 Å². The standard InChI is InChI=1S/C22H20F2N4O3S/c1-3-10-28(32(29,30)20-7-4-16(23)12-17(20)24)22-19(31-2)6-5-18(27-22)15-11-14-8-9-25-21(14)26-13-15/h4-9,11-13H,3,10H2,1-2H3,(H,25,26). The Hall–Kier alpha value is -3.53. The summed E-state index contributed by atoms with van der Waals surface area (Å²) in [6, 6.07) is 9.36. The minimum Gasteiger partial charge on any atom is -0.493 e. The number of methoxy groups -OCH3 is 1. The fourth-order valence-electron chi connectivity index (χ4n) is 3.36. The molecule has 3 aromatic heterocycles. The zero-order chi connectivity index (χ0) is 22.9. The molecule has 1 aromatic carbocycles. The van der Waals surface area contributed by atoms with Crippen LogP contribution in [-0.4, -0.2) is 37.0 Å². The SMILES string of the molecule is CCCN(c1nc(-c2cnc3[nH]ccc3c2)ccc1OC)S(=O)(=O)c1ccc(F)cc1F. The van der Waals surface area contributed by atoms with Crippen molar-refractivity contribution in [3.05, 3.63) is 66.5 Å². The number of hydrogen-bond acceptors (Lipinski definition) is 5. The Balaban J connectivity index is 1.86. The molecule has 0 unspecified atom stereocenters. The molecule has 0 aliphatic carbocycles. The third kappa shape index (κ3) is 3.89. The number of hydrogen-bond donors (Lipinski definition) is 1. The molecule has 0 saturated heterocycles. The predicted molar refractivity (Wildman–Crippen MR) is 117 cm³/mol. The molecule has 32 heavy (non-hydrogen) atoms. The number of halogens is 2. The number of sulfonamides is 1. The van der Waals surface area contributed by atoms with Crippen LogP contribution in [0.15, 0.2) is 59.8 Å². The van der Waals surface area contributed by atoms with Crippen LogP contribution in [0.25, 0.3) is 22.3 Å². The van der Waals surface area contributed by atoms with E-state index in [-0.39, 0.29) is 18.1 Å². The van der Waals surface area contributed by atoms with E-state index < -0.39 is 26.6 Å². The van der Waals surface area contributed by atoms with Gasteiger partial charge in [-0.15, -0.1) is 0 Å². The second-order valence-electron chi connectivity index (χ2n) is 7.01. The van der Waals surface area contributed by atoms with Crippen LogP contribution in [0, 0.1) is 11.6 Å². The van der Waals surface area contributed by atoms with Crippen LogP contribution in [0.4, 0.5) is 14.6 Å². The second-order valence-corrected chi connectivity index (χ2v) is 8.84. The normalized spacial score (nSPS) is 11.6. The highest BCUT2D eigenvalue weighted by Gasteiger charge is 2.31. The molecule has 0 fully saturated rings. The molecule has 0 radical (unpaired) electrons. The van der Waals surface area contributed by atoms with Gasteiger partial charge in [0.25, 0.3) is 10.0 Å². The lowest BCUT2D eigenvalue weighted by atomic mass is 10.1. The highest BCUT2D eigenvalue weighted by molar-refractivity contribution is 7.92. The van der Waals surface area contributed by atoms with Crippen LogP contribution < -0.4 is 9.04 Å². The Labute approximate surface area is 183 Å². The number of nitrogens with one attached hydrogen (secondary N) is 1. The third-order valence-corrected chi connectivity index (χ3v) is 6.70. The second kappa shape index (κ2) is 8.54. The lowest BCUT2D eigenvalue weighted by molar-refractivity contribution is 0.413. The van der Waals surface area contributed by atoms with Gasteiger partial charge in [-0.2, -0.15) is 0 Å². The first-order valence-corrected chi connectivity index (χ1v) is 11.3. The first kappa shape index (κ1) is 21.7. The van der Waals surface area contributed by atoms with E-state index in [4.69, 9.17) is 4.74 Å². The van der Waals surface area contributed by atoms with Crippen molar-refractivity contribution in [1.82, 2.24) is 15.0 Å². The smallest absolute Gasteiger partial charge is 0.268 e. The number of rotatable bonds is 7. The summed E-state index contributed by atoms with van der Waals surface area (Å²) in [4.78, 5) is 11.2. The fraction of sp³-hybridized carbons (Fsp3) is 0.182. The Kier molecular flexibility index (Phi) is 5.79. The van der Waals surface area contributed by atoms with E-state index in [1.807, 2.05) is 12.1 Å². The number of H-pyrrole nitrogens is 1. The summed E-state index contributed by atoms with van der Waals surface area (Å²) in [6.07, 6.45) is 3.81. The molecule has 1 N–H and O–H groups in total. The predicted octanol–water partition coefficient (Wildman–Crippen LogP) is 4.52. The maximum Gasteiger partial charge on any atom is 0.268 e. The van der Waals surface area contributed by atoms with Gasteiger partial charge in [0.1, 0.15) is 22.2 Å². The molecule has 0 bridgehead atoms. The number of aromatic amines is 1. The molecule has 7 nitrogen and oxygen atoms in total. The molecule has 3 heterocycles. The molecule has 0 aliphatic heterocycles. The molecule has 0 spiro atoms. The highest BCUT2D eigenvalue weighted by Crippen LogP contribution is 2.34. The number of aromatic nitrogens is 3. The topological polar surface area (TPSA) is 88.2 Å². The lowest BCUT2D eigenvalue weighted by Gasteiger charge is -2.25. The molecule has 0 amide bonds. The number of fused-ring (bicyclic) bond motifs is 1. The van der Waals surface area contributed by atoms with E-state index in [0.717, 1.165) is 21.8 Å². The van der Waals surface area contributed by atoms with Crippen LogP contribution in [0.5, 0.6) is 5.75 Å². The minimum atomic E-state index is -4.39. The van der Waals surface area contributed by atoms with Crippen LogP contribution in [0.2, 0.25) is 0 Å².